The van der Waals surface area contributed by atoms with Gasteiger partial charge in [-0.05, 0) is 37.5 Å². The van der Waals surface area contributed by atoms with E-state index in [0.29, 0.717) is 66.6 Å². The fraction of sp³-hybridized carbons (Fsp3) is 0.619. The number of amides is 1. The van der Waals surface area contributed by atoms with Crippen LogP contribution in [0.5, 0.6) is 0 Å². The first-order valence-electron chi connectivity index (χ1n) is 10.0. The highest BCUT2D eigenvalue weighted by molar-refractivity contribution is 8.17. The molecule has 9 heteroatoms. The van der Waals surface area contributed by atoms with Crippen LogP contribution < -0.4 is 0 Å². The van der Waals surface area contributed by atoms with Gasteiger partial charge in [0.1, 0.15) is 0 Å². The van der Waals surface area contributed by atoms with Gasteiger partial charge in [-0.2, -0.15) is 18.2 Å². The van der Waals surface area contributed by atoms with E-state index in [4.69, 9.17) is 9.47 Å². The number of hydrogen-bond donors (Lipinski definition) is 0. The molecule has 2 unspecified atom stereocenters. The fourth-order valence-electron chi connectivity index (χ4n) is 4.20. The minimum atomic E-state index is -4.40. The highest BCUT2D eigenvalue weighted by Gasteiger charge is 2.44. The minimum absolute atomic E-state index is 0.0491. The van der Waals surface area contributed by atoms with Gasteiger partial charge in [0.2, 0.25) is 6.41 Å². The van der Waals surface area contributed by atoms with Gasteiger partial charge in [0.05, 0.1) is 12.7 Å². The Morgan fingerprint density at radius 3 is 2.60 bits per heavy atom. The van der Waals surface area contributed by atoms with Crippen molar-refractivity contribution < 1.29 is 27.4 Å². The predicted octanol–water partition coefficient (Wildman–Crippen LogP) is 4.82. The van der Waals surface area contributed by atoms with Crippen LogP contribution in [0.15, 0.2) is 39.3 Å². The van der Waals surface area contributed by atoms with E-state index in [-0.39, 0.29) is 6.10 Å². The molecule has 1 spiro atoms. The number of halogens is 3. The molecule has 2 atom stereocenters. The van der Waals surface area contributed by atoms with Gasteiger partial charge < -0.3 is 14.4 Å². The van der Waals surface area contributed by atoms with Crippen LogP contribution in [-0.4, -0.2) is 54.2 Å². The number of carbonyl (C=O) groups is 1. The standard InChI is InChI=1S/C21H27F3N2O3S/c1-5-16-15(4)18(13(2)10-17(16)21(22,23)24)30-19(25-12-27)26-8-6-20(7-9-26)28-11-14(3)29-20/h10,12,14,16H,4-9,11H2,1-3H3. The SMILES string of the molecule is C=C1C(SC(=NC=O)N2CCC3(CC2)OCC(C)O3)=C(C)C=C(C(F)(F)F)C1CC. The normalized spacial score (nSPS) is 27.7. The van der Waals surface area contributed by atoms with E-state index < -0.39 is 23.5 Å². The van der Waals surface area contributed by atoms with Crippen LogP contribution >= 0.6 is 11.8 Å². The highest BCUT2D eigenvalue weighted by Crippen LogP contribution is 2.47. The van der Waals surface area contributed by atoms with Crippen molar-refractivity contribution in [1.29, 1.82) is 0 Å². The number of amidine groups is 1. The Kier molecular flexibility index (Phi) is 6.84. The van der Waals surface area contributed by atoms with Crippen molar-refractivity contribution in [3.8, 4) is 0 Å². The quantitative estimate of drug-likeness (QED) is 0.355. The molecule has 0 N–H and O–H groups in total. The van der Waals surface area contributed by atoms with Crippen LogP contribution in [0.2, 0.25) is 0 Å². The number of hydrogen-bond acceptors (Lipinski definition) is 4. The minimum Gasteiger partial charge on any atom is -0.350 e. The summed E-state index contributed by atoms with van der Waals surface area (Å²) in [4.78, 5) is 17.8. The van der Waals surface area contributed by atoms with Crippen molar-refractivity contribution in [2.24, 2.45) is 10.9 Å². The van der Waals surface area contributed by atoms with Crippen LogP contribution in [0.1, 0.15) is 40.0 Å². The number of allylic oxidation sites excluding steroid dienone is 4. The van der Waals surface area contributed by atoms with Crippen molar-refractivity contribution >= 4 is 23.3 Å². The summed E-state index contributed by atoms with van der Waals surface area (Å²) < 4.78 is 52.1. The molecular formula is C21H27F3N2O3S. The molecule has 0 aromatic heterocycles. The summed E-state index contributed by atoms with van der Waals surface area (Å²) in [5.41, 5.74) is 0.318. The molecule has 30 heavy (non-hydrogen) atoms. The van der Waals surface area contributed by atoms with Crippen LogP contribution in [0.4, 0.5) is 13.2 Å². The maximum atomic E-state index is 13.5. The largest absolute Gasteiger partial charge is 0.413 e. The molecule has 5 nitrogen and oxygen atoms in total. The van der Waals surface area contributed by atoms with Gasteiger partial charge in [-0.15, -0.1) is 0 Å². The molecule has 166 valence electrons. The third-order valence-corrected chi connectivity index (χ3v) is 7.04. The topological polar surface area (TPSA) is 51.1 Å². The summed E-state index contributed by atoms with van der Waals surface area (Å²) in [6, 6.07) is 0. The van der Waals surface area contributed by atoms with Crippen LogP contribution in [0, 0.1) is 5.92 Å². The summed E-state index contributed by atoms with van der Waals surface area (Å²) in [5, 5.41) is 0.458. The molecule has 0 aromatic carbocycles. The first-order chi connectivity index (χ1) is 14.1. The Morgan fingerprint density at radius 2 is 2.10 bits per heavy atom. The van der Waals surface area contributed by atoms with E-state index in [2.05, 4.69) is 11.6 Å². The lowest BCUT2D eigenvalue weighted by atomic mass is 9.83. The molecule has 2 fully saturated rings. The number of piperidine rings is 1. The second kappa shape index (κ2) is 8.88. The maximum Gasteiger partial charge on any atom is 0.413 e. The Hall–Kier alpha value is -1.58. The lowest BCUT2D eigenvalue weighted by molar-refractivity contribution is -0.188. The summed E-state index contributed by atoms with van der Waals surface area (Å²) in [6.07, 6.45) is -1.15. The lowest BCUT2D eigenvalue weighted by Gasteiger charge is -2.39. The first-order valence-corrected chi connectivity index (χ1v) is 10.9. The molecule has 3 rings (SSSR count). The number of nitrogens with zero attached hydrogens (tertiary/aromatic N) is 2. The molecule has 0 aromatic rings. The molecule has 2 saturated heterocycles. The van der Waals surface area contributed by atoms with Crippen LogP contribution in [0.3, 0.4) is 0 Å². The Labute approximate surface area is 179 Å². The number of rotatable bonds is 3. The monoisotopic (exact) mass is 444 g/mol. The molecule has 1 amide bonds. The van der Waals surface area contributed by atoms with E-state index in [9.17, 15) is 18.0 Å². The number of ether oxygens (including phenoxy) is 2. The average Bonchev–Trinajstić information content (AvgIpc) is 3.04. The summed E-state index contributed by atoms with van der Waals surface area (Å²) in [5.74, 6) is -1.39. The lowest BCUT2D eigenvalue weighted by Crippen LogP contribution is -2.47. The third-order valence-electron chi connectivity index (χ3n) is 5.70. The smallest absolute Gasteiger partial charge is 0.350 e. The zero-order valence-electron chi connectivity index (χ0n) is 17.4. The van der Waals surface area contributed by atoms with Gasteiger partial charge in [-0.3, -0.25) is 4.79 Å². The molecule has 0 bridgehead atoms. The second-order valence-corrected chi connectivity index (χ2v) is 8.83. The zero-order chi connectivity index (χ0) is 22.1. The molecule has 1 aliphatic carbocycles. The predicted molar refractivity (Wildman–Crippen MR) is 111 cm³/mol. The van der Waals surface area contributed by atoms with Crippen LogP contribution in [-0.2, 0) is 14.3 Å². The Balaban J connectivity index is 1.80. The number of likely N-dealkylation sites (tertiary alicyclic amines) is 1. The van der Waals surface area contributed by atoms with Gasteiger partial charge in [-0.25, -0.2) is 0 Å². The number of thioether (sulfide) groups is 1. The van der Waals surface area contributed by atoms with E-state index >= 15 is 0 Å². The maximum absolute atomic E-state index is 13.5. The molecule has 2 heterocycles. The van der Waals surface area contributed by atoms with Gasteiger partial charge >= 0.3 is 6.18 Å². The molecular weight excluding hydrogens is 417 g/mol. The fourth-order valence-corrected chi connectivity index (χ4v) is 5.29. The van der Waals surface area contributed by atoms with Gasteiger partial charge in [-0.1, -0.05) is 25.3 Å². The second-order valence-electron chi connectivity index (χ2n) is 7.85. The number of carbonyl (C=O) groups excluding carboxylic acids is 1. The van der Waals surface area contributed by atoms with E-state index in [1.165, 1.54) is 17.8 Å². The van der Waals surface area contributed by atoms with E-state index in [1.54, 1.807) is 13.8 Å². The molecule has 2 aliphatic heterocycles. The Morgan fingerprint density at radius 1 is 1.43 bits per heavy atom. The van der Waals surface area contributed by atoms with E-state index in [0.717, 1.165) is 0 Å². The van der Waals surface area contributed by atoms with Gasteiger partial charge in [0.25, 0.3) is 0 Å². The summed E-state index contributed by atoms with van der Waals surface area (Å²) >= 11 is 1.21. The Bertz CT molecular complexity index is 796. The third kappa shape index (κ3) is 4.68. The number of alkyl halides is 3. The van der Waals surface area contributed by atoms with E-state index in [1.807, 2.05) is 11.8 Å². The molecule has 0 radical (unpaired) electrons. The van der Waals surface area contributed by atoms with Crippen molar-refractivity contribution in [2.75, 3.05) is 19.7 Å². The molecule has 3 aliphatic rings. The number of aliphatic imine (C=N–C) groups is 1. The average molecular weight is 445 g/mol. The van der Waals surface area contributed by atoms with Gasteiger partial charge in [0, 0.05) is 42.3 Å². The van der Waals surface area contributed by atoms with Crippen molar-refractivity contribution in [3.63, 3.8) is 0 Å². The summed E-state index contributed by atoms with van der Waals surface area (Å²) in [7, 11) is 0. The van der Waals surface area contributed by atoms with Crippen molar-refractivity contribution in [1.82, 2.24) is 4.90 Å². The van der Waals surface area contributed by atoms with Crippen molar-refractivity contribution in [2.45, 2.75) is 58.1 Å². The summed E-state index contributed by atoms with van der Waals surface area (Å²) in [6.45, 7) is 11.0. The molecule has 0 saturated carbocycles. The van der Waals surface area contributed by atoms with Crippen LogP contribution in [0.25, 0.3) is 0 Å². The van der Waals surface area contributed by atoms with Crippen molar-refractivity contribution in [3.05, 3.63) is 34.3 Å². The highest BCUT2D eigenvalue weighted by atomic mass is 32.2. The van der Waals surface area contributed by atoms with Gasteiger partial charge in [0.15, 0.2) is 11.0 Å². The zero-order valence-corrected chi connectivity index (χ0v) is 18.2. The first kappa shape index (κ1) is 23.1.